The number of nitrogens with one attached hydrogen (secondary N) is 2. The molecule has 0 saturated carbocycles. The first kappa shape index (κ1) is 27.0. The summed E-state index contributed by atoms with van der Waals surface area (Å²) in [7, 11) is 0. The van der Waals surface area contributed by atoms with Gasteiger partial charge >= 0.3 is 18.1 Å². The van der Waals surface area contributed by atoms with Crippen molar-refractivity contribution in [2.45, 2.75) is 35.3 Å². The van der Waals surface area contributed by atoms with Crippen molar-refractivity contribution >= 4 is 41.4 Å². The number of benzene rings is 1. The number of nitrogens with zero attached hydrogens (tertiary/aromatic N) is 3. The number of carboxylic acid groups (broad SMARTS) is 2. The van der Waals surface area contributed by atoms with E-state index in [4.69, 9.17) is 5.11 Å². The molecule has 11 nitrogen and oxygen atoms in total. The summed E-state index contributed by atoms with van der Waals surface area (Å²) < 4.78 is 38.8. The van der Waals surface area contributed by atoms with Crippen LogP contribution in [-0.2, 0) is 27.0 Å². The molecule has 2 aliphatic rings. The number of aromatic nitrogens is 3. The van der Waals surface area contributed by atoms with Crippen LogP contribution in [0.15, 0.2) is 40.7 Å². The maximum Gasteiger partial charge on any atom is 0.416 e. The zero-order chi connectivity index (χ0) is 26.9. The lowest BCUT2D eigenvalue weighted by Gasteiger charge is -2.49. The Hall–Kier alpha value is -3.08. The Labute approximate surface area is 215 Å². The molecule has 0 radical (unpaired) electrons. The minimum absolute atomic E-state index is 0.0335. The molecule has 1 fully saturated rings. The number of aliphatic hydroxyl groups is 1. The van der Waals surface area contributed by atoms with Crippen molar-refractivity contribution in [2.75, 3.05) is 18.1 Å². The number of halogens is 3. The highest BCUT2D eigenvalue weighted by molar-refractivity contribution is 8.01. The minimum Gasteiger partial charge on any atom is -0.481 e. The first-order valence-electron chi connectivity index (χ1n) is 10.7. The second-order valence-electron chi connectivity index (χ2n) is 8.12. The fourth-order valence-corrected chi connectivity index (χ4v) is 6.17. The molecule has 37 heavy (non-hydrogen) atoms. The molecule has 1 aromatic heterocycles. The fourth-order valence-electron chi connectivity index (χ4n) is 3.84. The van der Waals surface area contributed by atoms with Crippen LogP contribution in [0.4, 0.5) is 13.2 Å². The largest absolute Gasteiger partial charge is 0.481 e. The Morgan fingerprint density at radius 2 is 2.08 bits per heavy atom. The lowest BCUT2D eigenvalue weighted by molar-refractivity contribution is -0.149. The number of rotatable bonds is 10. The quantitative estimate of drug-likeness (QED) is 0.211. The monoisotopic (exact) mass is 559 g/mol. The zero-order valence-electron chi connectivity index (χ0n) is 18.7. The fraction of sp³-hybridized carbons (Fsp3) is 0.381. The van der Waals surface area contributed by atoms with E-state index in [1.165, 1.54) is 23.9 Å². The van der Waals surface area contributed by atoms with Crippen LogP contribution < -0.4 is 5.32 Å². The topological polar surface area (TPSA) is 169 Å². The second kappa shape index (κ2) is 10.7. The summed E-state index contributed by atoms with van der Waals surface area (Å²) >= 11 is 2.40. The maximum atomic E-state index is 12.9. The van der Waals surface area contributed by atoms with Gasteiger partial charge in [-0.15, -0.1) is 16.9 Å². The Kier molecular flexibility index (Phi) is 7.82. The molecule has 1 amide bonds. The van der Waals surface area contributed by atoms with Gasteiger partial charge in [0, 0.05) is 18.1 Å². The average molecular weight is 560 g/mol. The molecule has 2 aromatic rings. The van der Waals surface area contributed by atoms with Crippen LogP contribution in [0.5, 0.6) is 0 Å². The number of aliphatic carboxylic acids is 2. The molecule has 0 spiro atoms. The number of carboxylic acids is 2. The van der Waals surface area contributed by atoms with Crippen LogP contribution in [0.2, 0.25) is 0 Å². The number of aliphatic hydroxyl groups excluding tert-OH is 1. The average Bonchev–Trinajstić information content (AvgIpc) is 3.28. The Morgan fingerprint density at radius 3 is 2.76 bits per heavy atom. The number of amides is 1. The molecule has 3 atom stereocenters. The molecule has 2 aliphatic heterocycles. The summed E-state index contributed by atoms with van der Waals surface area (Å²) in [5, 5.41) is 37.8. The van der Waals surface area contributed by atoms with Gasteiger partial charge in [-0.25, -0.2) is 9.78 Å². The highest BCUT2D eigenvalue weighted by atomic mass is 32.2. The summed E-state index contributed by atoms with van der Waals surface area (Å²) in [6.45, 7) is -0.207. The number of hydrogen-bond donors (Lipinski definition) is 5. The molecular formula is C21H20F3N5O6S2. The molecule has 1 saturated heterocycles. The normalized spacial score (nSPS) is 20.4. The van der Waals surface area contributed by atoms with Gasteiger partial charge in [-0.1, -0.05) is 23.9 Å². The van der Waals surface area contributed by atoms with Gasteiger partial charge in [0.1, 0.15) is 29.4 Å². The predicted molar refractivity (Wildman–Crippen MR) is 124 cm³/mol. The van der Waals surface area contributed by atoms with E-state index in [0.717, 1.165) is 28.8 Å². The van der Waals surface area contributed by atoms with Crippen molar-refractivity contribution < 1.29 is 42.9 Å². The SMILES string of the molecule is O=C(O)Cc1nc(SCC2=C(C(=O)O)N3C(=O)C(NCC(O)c4cccc(C(F)(F)F)c4)[C@@H]3SC2)n[nH]1. The zero-order valence-corrected chi connectivity index (χ0v) is 20.4. The van der Waals surface area contributed by atoms with Crippen molar-refractivity contribution in [2.24, 2.45) is 0 Å². The van der Waals surface area contributed by atoms with Crippen molar-refractivity contribution in [3.8, 4) is 0 Å². The smallest absolute Gasteiger partial charge is 0.416 e. The van der Waals surface area contributed by atoms with E-state index in [-0.39, 0.29) is 46.7 Å². The van der Waals surface area contributed by atoms with E-state index in [2.05, 4.69) is 20.5 Å². The van der Waals surface area contributed by atoms with Gasteiger partial charge in [0.05, 0.1) is 11.7 Å². The van der Waals surface area contributed by atoms with E-state index in [1.807, 2.05) is 0 Å². The number of carbonyl (C=O) groups excluding carboxylic acids is 1. The van der Waals surface area contributed by atoms with Crippen LogP contribution >= 0.6 is 23.5 Å². The molecule has 1 aromatic carbocycles. The standard InChI is InChI=1S/C21H20F3N5O6S2/c22-21(23,24)11-3-1-2-9(4-11)12(30)6-25-15-17(33)29-16(19(34)35)10(7-36-18(15)29)8-37-20-26-13(27-28-20)5-14(31)32/h1-4,12,15,18,25,30H,5-8H2,(H,31,32)(H,34,35)(H,26,27,28)/t12?,15?,18-/m0/s1. The lowest BCUT2D eigenvalue weighted by Crippen LogP contribution is -2.70. The van der Waals surface area contributed by atoms with Crippen LogP contribution in [0, 0.1) is 0 Å². The summed E-state index contributed by atoms with van der Waals surface area (Å²) in [6.07, 6.45) is -6.21. The van der Waals surface area contributed by atoms with Gasteiger partial charge in [0.15, 0.2) is 0 Å². The molecule has 3 heterocycles. The first-order chi connectivity index (χ1) is 17.5. The van der Waals surface area contributed by atoms with Gasteiger partial charge in [0.2, 0.25) is 11.1 Å². The summed E-state index contributed by atoms with van der Waals surface area (Å²) in [5.74, 6) is -2.32. The molecule has 0 aliphatic carbocycles. The van der Waals surface area contributed by atoms with Gasteiger partial charge in [-0.05, 0) is 23.3 Å². The van der Waals surface area contributed by atoms with E-state index < -0.39 is 47.1 Å². The summed E-state index contributed by atoms with van der Waals surface area (Å²) in [5.41, 5.74) is -0.577. The van der Waals surface area contributed by atoms with Crippen molar-refractivity contribution in [3.63, 3.8) is 0 Å². The summed E-state index contributed by atoms with van der Waals surface area (Å²) in [4.78, 5) is 40.7. The third-order valence-corrected chi connectivity index (χ3v) is 7.86. The molecule has 198 valence electrons. The second-order valence-corrected chi connectivity index (χ2v) is 10.2. The lowest BCUT2D eigenvalue weighted by atomic mass is 10.0. The number of hydrogen-bond acceptors (Lipinski definition) is 9. The summed E-state index contributed by atoms with van der Waals surface area (Å²) in [6, 6.07) is 3.44. The van der Waals surface area contributed by atoms with Crippen LogP contribution in [-0.4, -0.2) is 82.7 Å². The number of H-pyrrole nitrogens is 1. The molecule has 5 N–H and O–H groups in total. The van der Waals surface area contributed by atoms with Crippen molar-refractivity contribution in [3.05, 3.63) is 52.5 Å². The third-order valence-electron chi connectivity index (χ3n) is 5.59. The Balaban J connectivity index is 1.39. The molecule has 4 rings (SSSR count). The number of fused-ring (bicyclic) bond motifs is 1. The highest BCUT2D eigenvalue weighted by Crippen LogP contribution is 2.41. The Bertz CT molecular complexity index is 1250. The Morgan fingerprint density at radius 1 is 1.32 bits per heavy atom. The number of alkyl halides is 3. The van der Waals surface area contributed by atoms with Gasteiger partial charge in [-0.3, -0.25) is 19.6 Å². The maximum absolute atomic E-state index is 12.9. The van der Waals surface area contributed by atoms with Gasteiger partial charge in [0.25, 0.3) is 0 Å². The van der Waals surface area contributed by atoms with E-state index in [1.54, 1.807) is 0 Å². The third kappa shape index (κ3) is 5.92. The highest BCUT2D eigenvalue weighted by Gasteiger charge is 2.53. The van der Waals surface area contributed by atoms with Crippen LogP contribution in [0.1, 0.15) is 23.1 Å². The number of carbonyl (C=O) groups is 3. The van der Waals surface area contributed by atoms with E-state index >= 15 is 0 Å². The molecule has 2 unspecified atom stereocenters. The minimum atomic E-state index is -4.56. The molecular weight excluding hydrogens is 539 g/mol. The van der Waals surface area contributed by atoms with E-state index in [9.17, 15) is 37.8 Å². The van der Waals surface area contributed by atoms with Gasteiger partial charge < -0.3 is 20.6 Å². The molecule has 16 heteroatoms. The first-order valence-corrected chi connectivity index (χ1v) is 12.7. The van der Waals surface area contributed by atoms with E-state index in [0.29, 0.717) is 5.57 Å². The molecule has 0 bridgehead atoms. The number of β-lactam (4-membered cyclic amide) rings is 1. The van der Waals surface area contributed by atoms with Crippen LogP contribution in [0.3, 0.4) is 0 Å². The van der Waals surface area contributed by atoms with Crippen molar-refractivity contribution in [1.82, 2.24) is 25.4 Å². The van der Waals surface area contributed by atoms with Gasteiger partial charge in [-0.2, -0.15) is 13.2 Å². The predicted octanol–water partition coefficient (Wildman–Crippen LogP) is 1.49. The van der Waals surface area contributed by atoms with Crippen LogP contribution in [0.25, 0.3) is 0 Å². The number of aromatic amines is 1. The number of thioether (sulfide) groups is 2. The van der Waals surface area contributed by atoms with Crippen molar-refractivity contribution in [1.29, 1.82) is 0 Å².